The average Bonchev–Trinajstić information content (AvgIpc) is 2.36. The summed E-state index contributed by atoms with van der Waals surface area (Å²) in [4.78, 5) is 13.5. The minimum Gasteiger partial charge on any atom is -0.303 e. The maximum Gasteiger partial charge on any atom is 0.233 e. The molecule has 1 aliphatic heterocycles. The number of unbranched alkanes of at least 4 members (excludes halogenated alkanes) is 1. The van der Waals surface area contributed by atoms with Crippen LogP contribution in [-0.4, -0.2) is 30.4 Å². The summed E-state index contributed by atoms with van der Waals surface area (Å²) < 4.78 is 0. The molecule has 4 heteroatoms. The van der Waals surface area contributed by atoms with Gasteiger partial charge in [0.1, 0.15) is 0 Å². The van der Waals surface area contributed by atoms with Gasteiger partial charge in [0.25, 0.3) is 0 Å². The van der Waals surface area contributed by atoms with E-state index in [0.29, 0.717) is 11.8 Å². The average molecular weight is 241 g/mol. The number of amides is 1. The lowest BCUT2D eigenvalue weighted by atomic mass is 9.78. The van der Waals surface area contributed by atoms with E-state index in [0.717, 1.165) is 19.4 Å². The van der Waals surface area contributed by atoms with Gasteiger partial charge in [-0.15, -0.1) is 0 Å². The number of likely N-dealkylation sites (tertiary alicyclic amines) is 1. The molecule has 0 aromatic heterocycles. The van der Waals surface area contributed by atoms with Gasteiger partial charge in [0.2, 0.25) is 5.91 Å². The monoisotopic (exact) mass is 241 g/mol. The lowest BCUT2D eigenvalue weighted by Gasteiger charge is -2.38. The van der Waals surface area contributed by atoms with Crippen LogP contribution in [0.25, 0.3) is 0 Å². The summed E-state index contributed by atoms with van der Waals surface area (Å²) in [5, 5.41) is 0. The highest BCUT2D eigenvalue weighted by Crippen LogP contribution is 2.33. The van der Waals surface area contributed by atoms with E-state index < -0.39 is 0 Å². The maximum atomic E-state index is 10.9. The summed E-state index contributed by atoms with van der Waals surface area (Å²) in [6.07, 6.45) is 6.49. The third-order valence-electron chi connectivity index (χ3n) is 4.21. The molecule has 1 fully saturated rings. The molecular weight excluding hydrogens is 214 g/mol. The summed E-state index contributed by atoms with van der Waals surface area (Å²) in [7, 11) is 0. The van der Waals surface area contributed by atoms with E-state index in [9.17, 15) is 4.79 Å². The predicted molar refractivity (Wildman–Crippen MR) is 70.3 cm³/mol. The van der Waals surface area contributed by atoms with Gasteiger partial charge in [-0.1, -0.05) is 20.3 Å². The van der Waals surface area contributed by atoms with Crippen molar-refractivity contribution in [3.05, 3.63) is 0 Å². The van der Waals surface area contributed by atoms with Crippen molar-refractivity contribution in [1.29, 1.82) is 0 Å². The van der Waals surface area contributed by atoms with Gasteiger partial charge < -0.3 is 4.90 Å². The smallest absolute Gasteiger partial charge is 0.233 e. The number of carbonyl (C=O) groups is 1. The van der Waals surface area contributed by atoms with Crippen molar-refractivity contribution in [2.24, 2.45) is 11.3 Å². The SMILES string of the molecule is CCC1(C)CCN(CCCCC(=O)NN)CC1. The Morgan fingerprint density at radius 1 is 1.35 bits per heavy atom. The van der Waals surface area contributed by atoms with Gasteiger partial charge in [0.15, 0.2) is 0 Å². The van der Waals surface area contributed by atoms with Crippen LogP contribution in [0.2, 0.25) is 0 Å². The number of nitrogens with two attached hydrogens (primary N) is 1. The van der Waals surface area contributed by atoms with Crippen LogP contribution in [0.4, 0.5) is 0 Å². The Hall–Kier alpha value is -0.610. The summed E-state index contributed by atoms with van der Waals surface area (Å²) >= 11 is 0. The number of rotatable bonds is 6. The topological polar surface area (TPSA) is 58.4 Å². The van der Waals surface area contributed by atoms with E-state index in [-0.39, 0.29) is 5.91 Å². The van der Waals surface area contributed by atoms with Crippen LogP contribution in [0, 0.1) is 5.41 Å². The zero-order valence-electron chi connectivity index (χ0n) is 11.3. The van der Waals surface area contributed by atoms with Crippen LogP contribution in [0.1, 0.15) is 52.4 Å². The highest BCUT2D eigenvalue weighted by Gasteiger charge is 2.27. The molecule has 0 radical (unpaired) electrons. The molecule has 1 aliphatic rings. The molecule has 100 valence electrons. The van der Waals surface area contributed by atoms with E-state index in [1.807, 2.05) is 0 Å². The number of nitrogens with one attached hydrogen (secondary N) is 1. The number of hydrogen-bond acceptors (Lipinski definition) is 3. The van der Waals surface area contributed by atoms with Crippen LogP contribution in [0.15, 0.2) is 0 Å². The normalized spacial score (nSPS) is 20.2. The molecule has 1 amide bonds. The van der Waals surface area contributed by atoms with Crippen molar-refractivity contribution in [3.8, 4) is 0 Å². The predicted octanol–water partition coefficient (Wildman–Crippen LogP) is 1.66. The molecule has 0 aliphatic carbocycles. The zero-order valence-corrected chi connectivity index (χ0v) is 11.3. The Labute approximate surface area is 105 Å². The largest absolute Gasteiger partial charge is 0.303 e. The molecule has 17 heavy (non-hydrogen) atoms. The molecule has 0 saturated carbocycles. The Balaban J connectivity index is 2.08. The second-order valence-corrected chi connectivity index (χ2v) is 5.53. The number of piperidine rings is 1. The van der Waals surface area contributed by atoms with Crippen LogP contribution < -0.4 is 11.3 Å². The maximum absolute atomic E-state index is 10.9. The molecule has 1 rings (SSSR count). The Kier molecular flexibility index (Phi) is 5.92. The van der Waals surface area contributed by atoms with Gasteiger partial charge in [-0.2, -0.15) is 0 Å². The minimum absolute atomic E-state index is 0.0535. The molecule has 0 unspecified atom stereocenters. The molecular formula is C13H27N3O. The third-order valence-corrected chi connectivity index (χ3v) is 4.21. The lowest BCUT2D eigenvalue weighted by molar-refractivity contribution is -0.121. The molecule has 0 aromatic carbocycles. The minimum atomic E-state index is -0.0535. The second-order valence-electron chi connectivity index (χ2n) is 5.53. The van der Waals surface area contributed by atoms with Gasteiger partial charge in [-0.3, -0.25) is 10.2 Å². The van der Waals surface area contributed by atoms with Crippen LogP contribution >= 0.6 is 0 Å². The first-order valence-electron chi connectivity index (χ1n) is 6.81. The van der Waals surface area contributed by atoms with E-state index in [4.69, 9.17) is 5.84 Å². The first-order valence-corrected chi connectivity index (χ1v) is 6.81. The van der Waals surface area contributed by atoms with E-state index in [1.54, 1.807) is 0 Å². The summed E-state index contributed by atoms with van der Waals surface area (Å²) in [6, 6.07) is 0. The highest BCUT2D eigenvalue weighted by molar-refractivity contribution is 5.75. The Morgan fingerprint density at radius 2 is 2.00 bits per heavy atom. The quantitative estimate of drug-likeness (QED) is 0.322. The first kappa shape index (κ1) is 14.5. The molecule has 0 aromatic rings. The van der Waals surface area contributed by atoms with Crippen molar-refractivity contribution < 1.29 is 4.79 Å². The fraction of sp³-hybridized carbons (Fsp3) is 0.923. The number of hydrazine groups is 1. The van der Waals surface area contributed by atoms with Crippen molar-refractivity contribution >= 4 is 5.91 Å². The van der Waals surface area contributed by atoms with Gasteiger partial charge in [0, 0.05) is 6.42 Å². The summed E-state index contributed by atoms with van der Waals surface area (Å²) in [5.74, 6) is 4.98. The lowest BCUT2D eigenvalue weighted by Crippen LogP contribution is -2.38. The zero-order chi connectivity index (χ0) is 12.7. The second kappa shape index (κ2) is 6.97. The number of hydrogen-bond donors (Lipinski definition) is 2. The highest BCUT2D eigenvalue weighted by atomic mass is 16.2. The Bertz CT molecular complexity index is 235. The molecule has 0 spiro atoms. The number of carbonyl (C=O) groups excluding carboxylic acids is 1. The van der Waals surface area contributed by atoms with Gasteiger partial charge in [-0.05, 0) is 50.7 Å². The molecule has 1 saturated heterocycles. The van der Waals surface area contributed by atoms with Gasteiger partial charge in [0.05, 0.1) is 0 Å². The van der Waals surface area contributed by atoms with Crippen LogP contribution in [-0.2, 0) is 4.79 Å². The van der Waals surface area contributed by atoms with Gasteiger partial charge in [-0.25, -0.2) is 5.84 Å². The van der Waals surface area contributed by atoms with Crippen molar-refractivity contribution in [3.63, 3.8) is 0 Å². The Morgan fingerprint density at radius 3 is 2.53 bits per heavy atom. The number of nitrogens with zero attached hydrogens (tertiary/aromatic N) is 1. The van der Waals surface area contributed by atoms with Crippen LogP contribution in [0.3, 0.4) is 0 Å². The molecule has 0 bridgehead atoms. The first-order chi connectivity index (χ1) is 8.09. The van der Waals surface area contributed by atoms with Crippen molar-refractivity contribution in [2.75, 3.05) is 19.6 Å². The van der Waals surface area contributed by atoms with Gasteiger partial charge >= 0.3 is 0 Å². The summed E-state index contributed by atoms with van der Waals surface area (Å²) in [6.45, 7) is 8.25. The fourth-order valence-corrected chi connectivity index (χ4v) is 2.36. The van der Waals surface area contributed by atoms with E-state index in [2.05, 4.69) is 24.2 Å². The molecule has 1 heterocycles. The molecule has 0 atom stereocenters. The fourth-order valence-electron chi connectivity index (χ4n) is 2.36. The third kappa shape index (κ3) is 5.04. The van der Waals surface area contributed by atoms with Crippen molar-refractivity contribution in [1.82, 2.24) is 10.3 Å². The standard InChI is InChI=1S/C13H27N3O/c1-3-13(2)7-10-16(11-8-13)9-5-4-6-12(17)15-14/h3-11,14H2,1-2H3,(H,15,17). The molecule has 3 N–H and O–H groups in total. The summed E-state index contributed by atoms with van der Waals surface area (Å²) in [5.41, 5.74) is 2.73. The van der Waals surface area contributed by atoms with E-state index >= 15 is 0 Å². The van der Waals surface area contributed by atoms with Crippen LogP contribution in [0.5, 0.6) is 0 Å². The van der Waals surface area contributed by atoms with E-state index in [1.165, 1.54) is 32.4 Å². The van der Waals surface area contributed by atoms with Crippen molar-refractivity contribution in [2.45, 2.75) is 52.4 Å². The molecule has 4 nitrogen and oxygen atoms in total.